The van der Waals surface area contributed by atoms with Crippen molar-refractivity contribution >= 4 is 17.5 Å². The van der Waals surface area contributed by atoms with E-state index in [-0.39, 0.29) is 25.0 Å². The van der Waals surface area contributed by atoms with E-state index in [0.717, 1.165) is 6.07 Å². The summed E-state index contributed by atoms with van der Waals surface area (Å²) in [6.45, 7) is 3.88. The van der Waals surface area contributed by atoms with Gasteiger partial charge in [0.1, 0.15) is 6.61 Å². The summed E-state index contributed by atoms with van der Waals surface area (Å²) in [6, 6.07) is 5.25. The Morgan fingerprint density at radius 2 is 2.00 bits per heavy atom. The number of piperidine rings is 1. The number of hydrogen-bond donors (Lipinski definition) is 1. The zero-order valence-corrected chi connectivity index (χ0v) is 18.2. The molecule has 0 bridgehead atoms. The van der Waals surface area contributed by atoms with Crippen LogP contribution in [0.15, 0.2) is 18.2 Å². The number of rotatable bonds is 5. The summed E-state index contributed by atoms with van der Waals surface area (Å²) in [4.78, 5) is 28.5. The van der Waals surface area contributed by atoms with Crippen LogP contribution in [0.3, 0.4) is 0 Å². The normalized spacial score (nSPS) is 20.3. The van der Waals surface area contributed by atoms with Gasteiger partial charge in [-0.2, -0.15) is 18.4 Å². The maximum Gasteiger partial charge on any atom is 0.417 e. The summed E-state index contributed by atoms with van der Waals surface area (Å²) in [7, 11) is 1.54. The van der Waals surface area contributed by atoms with Gasteiger partial charge in [0.05, 0.1) is 23.1 Å². The molecule has 32 heavy (non-hydrogen) atoms. The first kappa shape index (κ1) is 23.9. The molecule has 0 saturated carbocycles. The van der Waals surface area contributed by atoms with E-state index in [9.17, 15) is 22.8 Å². The first-order valence-electron chi connectivity index (χ1n) is 10.6. The van der Waals surface area contributed by atoms with Gasteiger partial charge in [-0.1, -0.05) is 0 Å². The minimum absolute atomic E-state index is 0.0138. The highest BCUT2D eigenvalue weighted by Crippen LogP contribution is 2.47. The molecular weight excluding hydrogens is 425 g/mol. The number of amides is 2. The van der Waals surface area contributed by atoms with Crippen LogP contribution in [0.4, 0.5) is 18.9 Å². The van der Waals surface area contributed by atoms with Crippen LogP contribution in [0, 0.1) is 22.7 Å². The SMILES string of the molecule is CCOCC(=O)N1CCC2(CC1)CN(c1ccc(C#N)c(C(F)(F)F)c1)CC2C(=O)NC. The number of likely N-dealkylation sites (tertiary alicyclic amines) is 1. The standard InChI is InChI=1S/C22H27F3N4O3/c1-3-32-13-19(30)28-8-6-21(7-9-28)14-29(12-18(21)20(31)27-2)16-5-4-15(11-26)17(10-16)22(23,24)25/h4-5,10,18H,3,6-9,12-14H2,1-2H3,(H,27,31). The Morgan fingerprint density at radius 3 is 2.56 bits per heavy atom. The van der Waals surface area contributed by atoms with E-state index in [2.05, 4.69) is 5.32 Å². The van der Waals surface area contributed by atoms with Gasteiger partial charge in [-0.3, -0.25) is 9.59 Å². The van der Waals surface area contributed by atoms with Gasteiger partial charge in [-0.05, 0) is 38.0 Å². The third-order valence-electron chi connectivity index (χ3n) is 6.55. The molecule has 1 spiro atoms. The van der Waals surface area contributed by atoms with E-state index >= 15 is 0 Å². The summed E-state index contributed by atoms with van der Waals surface area (Å²) in [6.07, 6.45) is -3.51. The van der Waals surface area contributed by atoms with Gasteiger partial charge in [0.2, 0.25) is 11.8 Å². The van der Waals surface area contributed by atoms with E-state index < -0.39 is 28.6 Å². The first-order chi connectivity index (χ1) is 15.1. The number of alkyl halides is 3. The summed E-state index contributed by atoms with van der Waals surface area (Å²) in [5.74, 6) is -0.678. The number of hydrogen-bond acceptors (Lipinski definition) is 5. The lowest BCUT2D eigenvalue weighted by molar-refractivity contribution is -0.139. The molecule has 0 radical (unpaired) electrons. The number of carbonyl (C=O) groups excluding carboxylic acids is 2. The number of nitrogens with zero attached hydrogens (tertiary/aromatic N) is 3. The number of carbonyl (C=O) groups is 2. The summed E-state index contributed by atoms with van der Waals surface area (Å²) in [5.41, 5.74) is -1.53. The quantitative estimate of drug-likeness (QED) is 0.742. The molecule has 2 saturated heterocycles. The molecule has 1 aromatic carbocycles. The Kier molecular flexibility index (Phi) is 6.98. The Morgan fingerprint density at radius 1 is 1.31 bits per heavy atom. The number of ether oxygens (including phenoxy) is 1. The van der Waals surface area contributed by atoms with E-state index in [4.69, 9.17) is 10.00 Å². The molecule has 1 atom stereocenters. The zero-order chi connectivity index (χ0) is 23.5. The molecule has 0 aliphatic carbocycles. The maximum atomic E-state index is 13.4. The van der Waals surface area contributed by atoms with Gasteiger partial charge < -0.3 is 19.9 Å². The largest absolute Gasteiger partial charge is 0.417 e. The molecule has 3 rings (SSSR count). The van der Waals surface area contributed by atoms with Crippen molar-refractivity contribution in [1.82, 2.24) is 10.2 Å². The molecule has 1 unspecified atom stereocenters. The van der Waals surface area contributed by atoms with Crippen molar-refractivity contribution in [3.63, 3.8) is 0 Å². The molecule has 174 valence electrons. The second-order valence-electron chi connectivity index (χ2n) is 8.27. The minimum Gasteiger partial charge on any atom is -0.372 e. The van der Waals surface area contributed by atoms with Crippen LogP contribution in [0.1, 0.15) is 30.9 Å². The molecule has 2 heterocycles. The highest BCUT2D eigenvalue weighted by molar-refractivity contribution is 5.81. The van der Waals surface area contributed by atoms with Crippen molar-refractivity contribution in [1.29, 1.82) is 5.26 Å². The fourth-order valence-corrected chi connectivity index (χ4v) is 4.75. The van der Waals surface area contributed by atoms with Crippen molar-refractivity contribution in [2.75, 3.05) is 51.3 Å². The lowest BCUT2D eigenvalue weighted by atomic mass is 9.70. The van der Waals surface area contributed by atoms with Crippen LogP contribution in [-0.2, 0) is 20.5 Å². The summed E-state index contributed by atoms with van der Waals surface area (Å²) < 4.78 is 45.5. The number of nitriles is 1. The van der Waals surface area contributed by atoms with Gasteiger partial charge >= 0.3 is 6.18 Å². The average molecular weight is 452 g/mol. The molecular formula is C22H27F3N4O3. The average Bonchev–Trinajstić information content (AvgIpc) is 3.15. The third-order valence-corrected chi connectivity index (χ3v) is 6.55. The molecule has 10 heteroatoms. The van der Waals surface area contributed by atoms with Gasteiger partial charge in [0.15, 0.2) is 0 Å². The lowest BCUT2D eigenvalue weighted by Crippen LogP contribution is -2.50. The maximum absolute atomic E-state index is 13.4. The highest BCUT2D eigenvalue weighted by atomic mass is 19.4. The summed E-state index contributed by atoms with van der Waals surface area (Å²) >= 11 is 0. The second kappa shape index (κ2) is 9.36. The van der Waals surface area contributed by atoms with Crippen molar-refractivity contribution in [3.8, 4) is 6.07 Å². The topological polar surface area (TPSA) is 85.7 Å². The van der Waals surface area contributed by atoms with Crippen LogP contribution >= 0.6 is 0 Å². The van der Waals surface area contributed by atoms with Crippen molar-refractivity contribution in [3.05, 3.63) is 29.3 Å². The molecule has 7 nitrogen and oxygen atoms in total. The molecule has 2 aliphatic heterocycles. The molecule has 2 aliphatic rings. The number of halogens is 3. The molecule has 1 N–H and O–H groups in total. The number of benzene rings is 1. The van der Waals surface area contributed by atoms with Crippen LogP contribution in [0.5, 0.6) is 0 Å². The van der Waals surface area contributed by atoms with E-state index in [1.807, 2.05) is 6.92 Å². The van der Waals surface area contributed by atoms with Crippen LogP contribution in [0.2, 0.25) is 0 Å². The minimum atomic E-state index is -4.65. The Labute approximate surface area is 185 Å². The lowest BCUT2D eigenvalue weighted by Gasteiger charge is -2.42. The van der Waals surface area contributed by atoms with Crippen LogP contribution < -0.4 is 10.2 Å². The molecule has 2 fully saturated rings. The Balaban J connectivity index is 1.84. The van der Waals surface area contributed by atoms with E-state index in [1.165, 1.54) is 12.1 Å². The van der Waals surface area contributed by atoms with Crippen molar-refractivity contribution in [2.45, 2.75) is 25.9 Å². The van der Waals surface area contributed by atoms with Crippen LogP contribution in [0.25, 0.3) is 0 Å². The fourth-order valence-electron chi connectivity index (χ4n) is 4.75. The Hall–Kier alpha value is -2.80. The fraction of sp³-hybridized carbons (Fsp3) is 0.591. The Bertz CT molecular complexity index is 905. The van der Waals surface area contributed by atoms with Crippen LogP contribution in [-0.4, -0.2) is 63.2 Å². The smallest absolute Gasteiger partial charge is 0.372 e. The third kappa shape index (κ3) is 4.67. The molecule has 2 amide bonds. The molecule has 1 aromatic rings. The first-order valence-corrected chi connectivity index (χ1v) is 10.6. The van der Waals surface area contributed by atoms with Crippen molar-refractivity contribution in [2.24, 2.45) is 11.3 Å². The predicted molar refractivity (Wildman–Crippen MR) is 111 cm³/mol. The second-order valence-corrected chi connectivity index (χ2v) is 8.27. The number of nitrogens with one attached hydrogen (secondary N) is 1. The zero-order valence-electron chi connectivity index (χ0n) is 18.2. The highest BCUT2D eigenvalue weighted by Gasteiger charge is 2.51. The summed E-state index contributed by atoms with van der Waals surface area (Å²) in [5, 5.41) is 11.7. The monoisotopic (exact) mass is 452 g/mol. The van der Waals surface area contributed by atoms with Crippen molar-refractivity contribution < 1.29 is 27.5 Å². The number of anilines is 1. The predicted octanol–water partition coefficient (Wildman–Crippen LogP) is 2.40. The van der Waals surface area contributed by atoms with Gasteiger partial charge in [-0.15, -0.1) is 0 Å². The van der Waals surface area contributed by atoms with E-state index in [0.29, 0.717) is 44.8 Å². The van der Waals surface area contributed by atoms with Gasteiger partial charge in [-0.25, -0.2) is 0 Å². The van der Waals surface area contributed by atoms with Gasteiger partial charge in [0.25, 0.3) is 0 Å². The van der Waals surface area contributed by atoms with Gasteiger partial charge in [0, 0.05) is 50.9 Å². The van der Waals surface area contributed by atoms with E-state index in [1.54, 1.807) is 22.9 Å². The molecule has 0 aromatic heterocycles.